The van der Waals surface area contributed by atoms with Crippen molar-refractivity contribution in [1.29, 1.82) is 0 Å². The van der Waals surface area contributed by atoms with Gasteiger partial charge in [0.2, 0.25) is 0 Å². The third-order valence-corrected chi connectivity index (χ3v) is 7.93. The molecule has 0 fully saturated rings. The largest absolute Gasteiger partial charge is 0.466 e. The Kier molecular flexibility index (Phi) is 17.0. The third-order valence-electron chi connectivity index (χ3n) is 7.93. The topological polar surface area (TPSA) is 86.7 Å². The Hall–Kier alpha value is -2.24. The molecule has 228 valence electrons. The van der Waals surface area contributed by atoms with Crippen LogP contribution in [-0.2, 0) is 28.7 Å². The van der Waals surface area contributed by atoms with E-state index in [1.54, 1.807) is 0 Å². The summed E-state index contributed by atoms with van der Waals surface area (Å²) in [4.78, 5) is 50.4. The molecule has 1 aliphatic rings. The lowest BCUT2D eigenvalue weighted by Gasteiger charge is -2.32. The molecular formula is C34H56O6. The van der Waals surface area contributed by atoms with Crippen LogP contribution in [-0.4, -0.2) is 36.7 Å². The monoisotopic (exact) mass is 560 g/mol. The van der Waals surface area contributed by atoms with Crippen molar-refractivity contribution in [3.8, 4) is 0 Å². The minimum absolute atomic E-state index is 0.148. The van der Waals surface area contributed by atoms with E-state index in [9.17, 15) is 19.2 Å². The number of allylic oxidation sites excluding steroid dienone is 4. The highest BCUT2D eigenvalue weighted by atomic mass is 16.5. The first-order valence-electron chi connectivity index (χ1n) is 15.8. The van der Waals surface area contributed by atoms with Crippen molar-refractivity contribution in [2.75, 3.05) is 13.2 Å². The summed E-state index contributed by atoms with van der Waals surface area (Å²) in [7, 11) is 0. The predicted octanol–water partition coefficient (Wildman–Crippen LogP) is 8.41. The van der Waals surface area contributed by atoms with Crippen LogP contribution in [0.1, 0.15) is 144 Å². The zero-order chi connectivity index (χ0) is 30.0. The van der Waals surface area contributed by atoms with Gasteiger partial charge < -0.3 is 9.47 Å². The predicted molar refractivity (Wildman–Crippen MR) is 161 cm³/mol. The maximum atomic E-state index is 13.1. The molecular weight excluding hydrogens is 504 g/mol. The number of rotatable bonds is 22. The molecule has 0 amide bonds. The Morgan fingerprint density at radius 2 is 0.925 bits per heavy atom. The lowest BCUT2D eigenvalue weighted by Crippen LogP contribution is -2.30. The lowest BCUT2D eigenvalue weighted by atomic mass is 9.70. The van der Waals surface area contributed by atoms with Gasteiger partial charge in [-0.1, -0.05) is 92.9 Å². The Morgan fingerprint density at radius 1 is 0.575 bits per heavy atom. The first kappa shape index (κ1) is 35.8. The fraction of sp³-hybridized carbons (Fsp3) is 0.765. The van der Waals surface area contributed by atoms with Gasteiger partial charge in [0.1, 0.15) is 0 Å². The van der Waals surface area contributed by atoms with Gasteiger partial charge in [0.25, 0.3) is 0 Å². The molecule has 0 aromatic heterocycles. The summed E-state index contributed by atoms with van der Waals surface area (Å²) in [6.07, 6.45) is 17.1. The fourth-order valence-corrected chi connectivity index (χ4v) is 5.16. The van der Waals surface area contributed by atoms with E-state index in [-0.39, 0.29) is 23.5 Å². The maximum absolute atomic E-state index is 13.1. The van der Waals surface area contributed by atoms with Gasteiger partial charge in [0.15, 0.2) is 11.6 Å². The van der Waals surface area contributed by atoms with E-state index in [4.69, 9.17) is 9.47 Å². The molecule has 0 heterocycles. The molecule has 0 aromatic carbocycles. The SMILES string of the molecule is CCCCCCCOC(=O)CCCC(C)(C)C1=CC(=O)C(C(C)(C)CCCC(=O)OCCCCCCC)=CC1=O. The first-order chi connectivity index (χ1) is 18.9. The minimum atomic E-state index is -0.528. The summed E-state index contributed by atoms with van der Waals surface area (Å²) < 4.78 is 10.7. The third kappa shape index (κ3) is 13.9. The van der Waals surface area contributed by atoms with E-state index >= 15 is 0 Å². The van der Waals surface area contributed by atoms with E-state index in [0.29, 0.717) is 62.9 Å². The summed E-state index contributed by atoms with van der Waals surface area (Å²) >= 11 is 0. The van der Waals surface area contributed by atoms with Crippen molar-refractivity contribution >= 4 is 23.5 Å². The van der Waals surface area contributed by atoms with Crippen LogP contribution in [0.3, 0.4) is 0 Å². The summed E-state index contributed by atoms with van der Waals surface area (Å²) in [5, 5.41) is 0. The molecule has 6 nitrogen and oxygen atoms in total. The number of unbranched alkanes of at least 4 members (excludes halogenated alkanes) is 8. The Morgan fingerprint density at radius 3 is 1.27 bits per heavy atom. The smallest absolute Gasteiger partial charge is 0.305 e. The fourth-order valence-electron chi connectivity index (χ4n) is 5.16. The number of hydrogen-bond donors (Lipinski definition) is 0. The van der Waals surface area contributed by atoms with Crippen LogP contribution in [0.25, 0.3) is 0 Å². The standard InChI is InChI=1S/C34H56O6/c1-7-9-11-13-15-23-39-31(37)19-17-21-33(3,4)27-25-30(36)28(26-29(27)35)34(5,6)22-18-20-32(38)40-24-16-14-12-10-8-2/h25-26H,7-24H2,1-6H3. The van der Waals surface area contributed by atoms with Gasteiger partial charge in [-0.15, -0.1) is 0 Å². The number of ether oxygens (including phenoxy) is 2. The van der Waals surface area contributed by atoms with Crippen LogP contribution in [0.5, 0.6) is 0 Å². The Balaban J connectivity index is 2.49. The summed E-state index contributed by atoms with van der Waals surface area (Å²) in [6.45, 7) is 13.1. The van der Waals surface area contributed by atoms with Crippen LogP contribution in [0.15, 0.2) is 23.3 Å². The number of ketones is 2. The van der Waals surface area contributed by atoms with Crippen molar-refractivity contribution in [2.45, 2.75) is 144 Å². The zero-order valence-corrected chi connectivity index (χ0v) is 26.3. The highest BCUT2D eigenvalue weighted by Crippen LogP contribution is 2.40. The highest BCUT2D eigenvalue weighted by molar-refractivity contribution is 6.20. The van der Waals surface area contributed by atoms with Gasteiger partial charge >= 0.3 is 11.9 Å². The molecule has 0 radical (unpaired) electrons. The number of esters is 2. The molecule has 0 N–H and O–H groups in total. The van der Waals surface area contributed by atoms with Gasteiger partial charge in [-0.3, -0.25) is 19.2 Å². The molecule has 1 aliphatic carbocycles. The molecule has 0 spiro atoms. The molecule has 0 aromatic rings. The van der Waals surface area contributed by atoms with Gasteiger partial charge in [0.05, 0.1) is 13.2 Å². The normalized spacial score (nSPS) is 14.2. The number of carbonyl (C=O) groups is 4. The van der Waals surface area contributed by atoms with Gasteiger partial charge in [-0.05, 0) is 61.5 Å². The highest BCUT2D eigenvalue weighted by Gasteiger charge is 2.36. The second kappa shape index (κ2) is 19.0. The van der Waals surface area contributed by atoms with E-state index in [1.807, 2.05) is 27.7 Å². The van der Waals surface area contributed by atoms with Crippen molar-refractivity contribution in [1.82, 2.24) is 0 Å². The molecule has 6 heteroatoms. The second-order valence-corrected chi connectivity index (χ2v) is 12.6. The molecule has 0 aliphatic heterocycles. The second-order valence-electron chi connectivity index (χ2n) is 12.6. The van der Waals surface area contributed by atoms with Crippen LogP contribution in [0, 0.1) is 10.8 Å². The zero-order valence-electron chi connectivity index (χ0n) is 26.3. The van der Waals surface area contributed by atoms with Crippen molar-refractivity contribution in [3.63, 3.8) is 0 Å². The van der Waals surface area contributed by atoms with E-state index in [2.05, 4.69) is 13.8 Å². The number of carbonyl (C=O) groups excluding carboxylic acids is 4. The number of hydrogen-bond acceptors (Lipinski definition) is 6. The van der Waals surface area contributed by atoms with Crippen LogP contribution in [0.2, 0.25) is 0 Å². The first-order valence-corrected chi connectivity index (χ1v) is 15.8. The molecule has 0 saturated carbocycles. The summed E-state index contributed by atoms with van der Waals surface area (Å²) in [5.41, 5.74) is -0.0769. The van der Waals surface area contributed by atoms with Crippen molar-refractivity contribution in [3.05, 3.63) is 23.3 Å². The molecule has 0 saturated heterocycles. The van der Waals surface area contributed by atoms with Crippen molar-refractivity contribution in [2.24, 2.45) is 10.8 Å². The average molecular weight is 561 g/mol. The van der Waals surface area contributed by atoms with Crippen LogP contribution >= 0.6 is 0 Å². The van der Waals surface area contributed by atoms with Gasteiger partial charge in [-0.25, -0.2) is 0 Å². The van der Waals surface area contributed by atoms with E-state index in [1.165, 1.54) is 50.7 Å². The van der Waals surface area contributed by atoms with Crippen molar-refractivity contribution < 1.29 is 28.7 Å². The molecule has 0 unspecified atom stereocenters. The average Bonchev–Trinajstić information content (AvgIpc) is 2.89. The van der Waals surface area contributed by atoms with E-state index < -0.39 is 10.8 Å². The van der Waals surface area contributed by atoms with Gasteiger partial charge in [-0.2, -0.15) is 0 Å². The van der Waals surface area contributed by atoms with E-state index in [0.717, 1.165) is 25.7 Å². The summed E-state index contributed by atoms with van der Waals surface area (Å²) in [5.74, 6) is -0.702. The molecule has 40 heavy (non-hydrogen) atoms. The van der Waals surface area contributed by atoms with Crippen LogP contribution < -0.4 is 0 Å². The lowest BCUT2D eigenvalue weighted by molar-refractivity contribution is -0.144. The molecule has 0 bridgehead atoms. The Bertz CT molecular complexity index is 805. The molecule has 0 atom stereocenters. The molecule has 1 rings (SSSR count). The summed E-state index contributed by atoms with van der Waals surface area (Å²) in [6, 6.07) is 0. The maximum Gasteiger partial charge on any atom is 0.305 e. The quantitative estimate of drug-likeness (QED) is 0.0750. The van der Waals surface area contributed by atoms with Crippen LogP contribution in [0.4, 0.5) is 0 Å². The van der Waals surface area contributed by atoms with Gasteiger partial charge in [0, 0.05) is 24.0 Å². The minimum Gasteiger partial charge on any atom is -0.466 e. The Labute approximate surface area is 243 Å².